The molecule has 2 unspecified atom stereocenters. The maximum Gasteiger partial charge on any atom is 0.138 e. The summed E-state index contributed by atoms with van der Waals surface area (Å²) in [5, 5.41) is 13.0. The average Bonchev–Trinajstić information content (AvgIpc) is 3.05. The van der Waals surface area contributed by atoms with E-state index in [0.29, 0.717) is 5.56 Å². The summed E-state index contributed by atoms with van der Waals surface area (Å²) in [5.74, 6) is 0. The van der Waals surface area contributed by atoms with Crippen molar-refractivity contribution in [2.75, 3.05) is 14.1 Å². The lowest BCUT2D eigenvalue weighted by molar-refractivity contribution is 0.223. The SMILES string of the molecule is CN(C)C(c1ccccc1)c1csc(C(O)c2cncnc2Cl)c1. The molecule has 124 valence electrons. The van der Waals surface area contributed by atoms with Gasteiger partial charge in [0, 0.05) is 16.6 Å². The van der Waals surface area contributed by atoms with Crippen molar-refractivity contribution >= 4 is 22.9 Å². The Hall–Kier alpha value is -1.79. The second kappa shape index (κ2) is 7.40. The molecule has 3 aromatic rings. The van der Waals surface area contributed by atoms with E-state index in [1.165, 1.54) is 23.2 Å². The van der Waals surface area contributed by atoms with Gasteiger partial charge in [0.15, 0.2) is 0 Å². The molecule has 1 aromatic carbocycles. The van der Waals surface area contributed by atoms with Crippen LogP contribution in [0.25, 0.3) is 0 Å². The number of hydrogen-bond acceptors (Lipinski definition) is 5. The van der Waals surface area contributed by atoms with Crippen LogP contribution in [0.3, 0.4) is 0 Å². The zero-order valence-corrected chi connectivity index (χ0v) is 15.0. The first kappa shape index (κ1) is 17.0. The Morgan fingerprint density at radius 2 is 1.92 bits per heavy atom. The van der Waals surface area contributed by atoms with Gasteiger partial charge in [-0.1, -0.05) is 41.9 Å². The molecule has 0 saturated carbocycles. The number of benzene rings is 1. The molecule has 0 aliphatic heterocycles. The highest BCUT2D eigenvalue weighted by Gasteiger charge is 2.22. The summed E-state index contributed by atoms with van der Waals surface area (Å²) in [6, 6.07) is 12.5. The largest absolute Gasteiger partial charge is 0.383 e. The molecule has 0 saturated heterocycles. The third-order valence-corrected chi connectivity index (χ3v) is 5.16. The first-order chi connectivity index (χ1) is 11.6. The number of aromatic nitrogens is 2. The van der Waals surface area contributed by atoms with Gasteiger partial charge in [0.05, 0.1) is 6.04 Å². The van der Waals surface area contributed by atoms with Gasteiger partial charge in [-0.05, 0) is 36.7 Å². The highest BCUT2D eigenvalue weighted by atomic mass is 35.5. The van der Waals surface area contributed by atoms with Crippen molar-refractivity contribution < 1.29 is 5.11 Å². The molecule has 1 N–H and O–H groups in total. The molecule has 2 aromatic heterocycles. The summed E-state index contributed by atoms with van der Waals surface area (Å²) in [5.41, 5.74) is 2.87. The van der Waals surface area contributed by atoms with Crippen molar-refractivity contribution in [3.63, 3.8) is 0 Å². The first-order valence-electron chi connectivity index (χ1n) is 7.51. The minimum atomic E-state index is -0.823. The molecule has 6 heteroatoms. The van der Waals surface area contributed by atoms with Crippen LogP contribution in [0.2, 0.25) is 5.15 Å². The number of halogens is 1. The molecule has 3 rings (SSSR count). The number of nitrogens with zero attached hydrogens (tertiary/aromatic N) is 3. The minimum absolute atomic E-state index is 0.130. The van der Waals surface area contributed by atoms with Gasteiger partial charge in [0.25, 0.3) is 0 Å². The van der Waals surface area contributed by atoms with E-state index in [0.717, 1.165) is 10.4 Å². The van der Waals surface area contributed by atoms with Crippen LogP contribution >= 0.6 is 22.9 Å². The molecule has 2 atom stereocenters. The lowest BCUT2D eigenvalue weighted by atomic mass is 9.99. The van der Waals surface area contributed by atoms with Crippen LogP contribution in [-0.4, -0.2) is 34.1 Å². The van der Waals surface area contributed by atoms with Gasteiger partial charge >= 0.3 is 0 Å². The Bertz CT molecular complexity index is 807. The van der Waals surface area contributed by atoms with Crippen LogP contribution in [0.5, 0.6) is 0 Å². The average molecular weight is 360 g/mol. The Morgan fingerprint density at radius 1 is 1.17 bits per heavy atom. The number of thiophene rings is 1. The van der Waals surface area contributed by atoms with E-state index in [9.17, 15) is 5.11 Å². The molecule has 0 amide bonds. The van der Waals surface area contributed by atoms with E-state index in [2.05, 4.69) is 32.4 Å². The van der Waals surface area contributed by atoms with Crippen molar-refractivity contribution in [2.24, 2.45) is 0 Å². The third-order valence-electron chi connectivity index (χ3n) is 3.84. The quantitative estimate of drug-likeness (QED) is 0.701. The Balaban J connectivity index is 1.93. The van der Waals surface area contributed by atoms with Gasteiger partial charge in [0.1, 0.15) is 17.6 Å². The molecular weight excluding hydrogens is 342 g/mol. The number of rotatable bonds is 5. The van der Waals surface area contributed by atoms with Crippen molar-refractivity contribution in [1.82, 2.24) is 14.9 Å². The number of aliphatic hydroxyl groups is 1. The first-order valence-corrected chi connectivity index (χ1v) is 8.77. The highest BCUT2D eigenvalue weighted by molar-refractivity contribution is 7.10. The van der Waals surface area contributed by atoms with Crippen LogP contribution in [0.15, 0.2) is 54.3 Å². The smallest absolute Gasteiger partial charge is 0.138 e. The van der Waals surface area contributed by atoms with Crippen molar-refractivity contribution in [3.8, 4) is 0 Å². The second-order valence-electron chi connectivity index (χ2n) is 5.73. The molecule has 24 heavy (non-hydrogen) atoms. The molecule has 0 bridgehead atoms. The van der Waals surface area contributed by atoms with Crippen LogP contribution in [0, 0.1) is 0 Å². The fraction of sp³-hybridized carbons (Fsp3) is 0.222. The summed E-state index contributed by atoms with van der Waals surface area (Å²) in [4.78, 5) is 10.9. The van der Waals surface area contributed by atoms with Crippen LogP contribution in [0.4, 0.5) is 0 Å². The fourth-order valence-electron chi connectivity index (χ4n) is 2.74. The van der Waals surface area contributed by atoms with Gasteiger partial charge in [0.2, 0.25) is 0 Å². The maximum atomic E-state index is 10.6. The van der Waals surface area contributed by atoms with Gasteiger partial charge in [-0.3, -0.25) is 4.90 Å². The molecular formula is C18H18ClN3OS. The van der Waals surface area contributed by atoms with Gasteiger partial charge in [-0.2, -0.15) is 0 Å². The standard InChI is InChI=1S/C18H18ClN3OS/c1-22(2)16(12-6-4-3-5-7-12)13-8-15(24-10-13)17(23)14-9-20-11-21-18(14)19/h3-11,16-17,23H,1-2H3. The number of aliphatic hydroxyl groups excluding tert-OH is 1. The van der Waals surface area contributed by atoms with Gasteiger partial charge in [-0.15, -0.1) is 11.3 Å². The van der Waals surface area contributed by atoms with Crippen LogP contribution in [-0.2, 0) is 0 Å². The normalized spacial score (nSPS) is 13.9. The van der Waals surface area contributed by atoms with Crippen molar-refractivity contribution in [1.29, 1.82) is 0 Å². The fourth-order valence-corrected chi connectivity index (χ4v) is 3.87. The Morgan fingerprint density at radius 3 is 2.58 bits per heavy atom. The zero-order valence-electron chi connectivity index (χ0n) is 13.4. The molecule has 0 aliphatic rings. The Kier molecular flexibility index (Phi) is 5.26. The monoisotopic (exact) mass is 359 g/mol. The lowest BCUT2D eigenvalue weighted by Gasteiger charge is -2.24. The summed E-state index contributed by atoms with van der Waals surface area (Å²) in [7, 11) is 4.10. The highest BCUT2D eigenvalue weighted by Crippen LogP contribution is 2.35. The minimum Gasteiger partial charge on any atom is -0.383 e. The molecule has 0 radical (unpaired) electrons. The summed E-state index contributed by atoms with van der Waals surface area (Å²) >= 11 is 7.58. The van der Waals surface area contributed by atoms with E-state index >= 15 is 0 Å². The van der Waals surface area contributed by atoms with Gasteiger partial charge < -0.3 is 5.11 Å². The summed E-state index contributed by atoms with van der Waals surface area (Å²) in [6.45, 7) is 0. The summed E-state index contributed by atoms with van der Waals surface area (Å²) in [6.07, 6.45) is 2.10. The number of hydrogen-bond donors (Lipinski definition) is 1. The predicted molar refractivity (Wildman–Crippen MR) is 97.4 cm³/mol. The predicted octanol–water partition coefficient (Wildman–Crippen LogP) is 3.92. The van der Waals surface area contributed by atoms with Crippen molar-refractivity contribution in [3.05, 3.63) is 81.0 Å². The van der Waals surface area contributed by atoms with E-state index in [1.807, 2.05) is 38.4 Å². The molecule has 4 nitrogen and oxygen atoms in total. The van der Waals surface area contributed by atoms with E-state index in [-0.39, 0.29) is 11.2 Å². The molecule has 0 fully saturated rings. The van der Waals surface area contributed by atoms with E-state index in [1.54, 1.807) is 6.20 Å². The summed E-state index contributed by atoms with van der Waals surface area (Å²) < 4.78 is 0. The van der Waals surface area contributed by atoms with Crippen LogP contribution < -0.4 is 0 Å². The third kappa shape index (κ3) is 3.49. The molecule has 0 aliphatic carbocycles. The van der Waals surface area contributed by atoms with Crippen molar-refractivity contribution in [2.45, 2.75) is 12.1 Å². The van der Waals surface area contributed by atoms with E-state index in [4.69, 9.17) is 11.6 Å². The molecule has 0 spiro atoms. The lowest BCUT2D eigenvalue weighted by Crippen LogP contribution is -2.20. The van der Waals surface area contributed by atoms with E-state index < -0.39 is 6.10 Å². The zero-order chi connectivity index (χ0) is 17.1. The topological polar surface area (TPSA) is 49.2 Å². The second-order valence-corrected chi connectivity index (χ2v) is 7.03. The molecule has 2 heterocycles. The van der Waals surface area contributed by atoms with Crippen LogP contribution in [0.1, 0.15) is 33.7 Å². The maximum absolute atomic E-state index is 10.6. The van der Waals surface area contributed by atoms with Gasteiger partial charge in [-0.25, -0.2) is 9.97 Å². The Labute approximate surface area is 150 Å².